The molecule has 0 radical (unpaired) electrons. The van der Waals surface area contributed by atoms with Crippen molar-refractivity contribution in [1.29, 1.82) is 0 Å². The lowest BCUT2D eigenvalue weighted by molar-refractivity contribution is 0.261. The van der Waals surface area contributed by atoms with Crippen LogP contribution in [0.4, 0.5) is 0 Å². The van der Waals surface area contributed by atoms with Crippen LogP contribution in [0, 0.1) is 11.8 Å². The van der Waals surface area contributed by atoms with E-state index in [9.17, 15) is 0 Å². The standard InChI is InChI=1S/C10H19N/c1-8(2)11-6-5-10(7-11)9-3-4-9/h8-10H,3-7H2,1-2H3/t10-/m1/s1. The van der Waals surface area contributed by atoms with Gasteiger partial charge >= 0.3 is 0 Å². The largest absolute Gasteiger partial charge is 0.301 e. The second-order valence-corrected chi connectivity index (χ2v) is 4.47. The number of likely N-dealkylation sites (tertiary alicyclic amines) is 1. The molecule has 0 amide bonds. The van der Waals surface area contributed by atoms with Crippen LogP contribution in [0.3, 0.4) is 0 Å². The van der Waals surface area contributed by atoms with Crippen LogP contribution >= 0.6 is 0 Å². The molecular weight excluding hydrogens is 134 g/mol. The molecule has 1 saturated heterocycles. The first kappa shape index (κ1) is 7.60. The van der Waals surface area contributed by atoms with E-state index in [-0.39, 0.29) is 0 Å². The molecule has 0 aromatic carbocycles. The van der Waals surface area contributed by atoms with E-state index in [2.05, 4.69) is 18.7 Å². The molecule has 64 valence electrons. The van der Waals surface area contributed by atoms with E-state index in [0.29, 0.717) is 0 Å². The lowest BCUT2D eigenvalue weighted by Crippen LogP contribution is -2.28. The molecule has 1 aliphatic heterocycles. The monoisotopic (exact) mass is 153 g/mol. The maximum atomic E-state index is 2.63. The molecule has 1 nitrogen and oxygen atoms in total. The zero-order valence-electron chi connectivity index (χ0n) is 7.71. The van der Waals surface area contributed by atoms with Crippen molar-refractivity contribution in [3.05, 3.63) is 0 Å². The van der Waals surface area contributed by atoms with Crippen LogP contribution in [0.2, 0.25) is 0 Å². The van der Waals surface area contributed by atoms with Gasteiger partial charge in [0.2, 0.25) is 0 Å². The molecule has 0 N–H and O–H groups in total. The number of rotatable bonds is 2. The summed E-state index contributed by atoms with van der Waals surface area (Å²) in [4.78, 5) is 2.63. The van der Waals surface area contributed by atoms with E-state index < -0.39 is 0 Å². The van der Waals surface area contributed by atoms with Crippen molar-refractivity contribution >= 4 is 0 Å². The maximum absolute atomic E-state index is 2.63. The molecule has 2 aliphatic rings. The van der Waals surface area contributed by atoms with Crippen molar-refractivity contribution in [2.45, 2.75) is 39.2 Å². The number of hydrogen-bond acceptors (Lipinski definition) is 1. The lowest BCUT2D eigenvalue weighted by atomic mass is 10.0. The summed E-state index contributed by atoms with van der Waals surface area (Å²) in [6, 6.07) is 0.777. The van der Waals surface area contributed by atoms with Crippen LogP contribution in [-0.2, 0) is 0 Å². The zero-order valence-corrected chi connectivity index (χ0v) is 7.71. The highest BCUT2D eigenvalue weighted by Gasteiger charge is 2.36. The molecule has 1 atom stereocenters. The predicted octanol–water partition coefficient (Wildman–Crippen LogP) is 2.13. The summed E-state index contributed by atoms with van der Waals surface area (Å²) in [5.74, 6) is 2.19. The van der Waals surface area contributed by atoms with Crippen molar-refractivity contribution in [1.82, 2.24) is 4.90 Å². The fraction of sp³-hybridized carbons (Fsp3) is 1.00. The second-order valence-electron chi connectivity index (χ2n) is 4.47. The summed E-state index contributed by atoms with van der Waals surface area (Å²) in [5.41, 5.74) is 0. The van der Waals surface area contributed by atoms with Crippen LogP contribution in [0.1, 0.15) is 33.1 Å². The third-order valence-corrected chi connectivity index (χ3v) is 3.28. The third-order valence-electron chi connectivity index (χ3n) is 3.28. The van der Waals surface area contributed by atoms with Gasteiger partial charge in [-0.05, 0) is 51.5 Å². The first-order valence-corrected chi connectivity index (χ1v) is 5.01. The Hall–Kier alpha value is -0.0400. The first-order valence-electron chi connectivity index (χ1n) is 5.01. The smallest absolute Gasteiger partial charge is 0.00387 e. The van der Waals surface area contributed by atoms with Crippen molar-refractivity contribution in [3.8, 4) is 0 Å². The molecule has 1 saturated carbocycles. The van der Waals surface area contributed by atoms with Gasteiger partial charge in [0.05, 0.1) is 0 Å². The number of hydrogen-bond donors (Lipinski definition) is 0. The minimum Gasteiger partial charge on any atom is -0.301 e. The highest BCUT2D eigenvalue weighted by atomic mass is 15.2. The molecular formula is C10H19N. The van der Waals surface area contributed by atoms with Gasteiger partial charge in [-0.15, -0.1) is 0 Å². The van der Waals surface area contributed by atoms with Gasteiger partial charge in [-0.25, -0.2) is 0 Å². The van der Waals surface area contributed by atoms with E-state index >= 15 is 0 Å². The van der Waals surface area contributed by atoms with Gasteiger partial charge < -0.3 is 4.90 Å². The molecule has 1 heterocycles. The van der Waals surface area contributed by atoms with E-state index in [1.807, 2.05) is 0 Å². The van der Waals surface area contributed by atoms with Crippen molar-refractivity contribution < 1.29 is 0 Å². The van der Waals surface area contributed by atoms with Crippen LogP contribution in [0.5, 0.6) is 0 Å². The number of nitrogens with zero attached hydrogens (tertiary/aromatic N) is 1. The van der Waals surface area contributed by atoms with Crippen LogP contribution in [-0.4, -0.2) is 24.0 Å². The molecule has 1 aliphatic carbocycles. The maximum Gasteiger partial charge on any atom is 0.00387 e. The molecule has 0 aromatic heterocycles. The first-order chi connectivity index (χ1) is 5.27. The van der Waals surface area contributed by atoms with Gasteiger partial charge in [0.1, 0.15) is 0 Å². The lowest BCUT2D eigenvalue weighted by Gasteiger charge is -2.20. The van der Waals surface area contributed by atoms with Gasteiger partial charge in [0.25, 0.3) is 0 Å². The fourth-order valence-corrected chi connectivity index (χ4v) is 2.24. The van der Waals surface area contributed by atoms with Crippen molar-refractivity contribution in [3.63, 3.8) is 0 Å². The van der Waals surface area contributed by atoms with Crippen molar-refractivity contribution in [2.75, 3.05) is 13.1 Å². The Kier molecular flexibility index (Phi) is 1.92. The summed E-state index contributed by atoms with van der Waals surface area (Å²) in [6.07, 6.45) is 4.52. The topological polar surface area (TPSA) is 3.24 Å². The Morgan fingerprint density at radius 1 is 1.09 bits per heavy atom. The van der Waals surface area contributed by atoms with Crippen LogP contribution in [0.25, 0.3) is 0 Å². The molecule has 1 heteroatoms. The minimum absolute atomic E-state index is 0.777. The van der Waals surface area contributed by atoms with Crippen molar-refractivity contribution in [2.24, 2.45) is 11.8 Å². The van der Waals surface area contributed by atoms with E-state index in [0.717, 1.165) is 17.9 Å². The Balaban J connectivity index is 1.82. The highest BCUT2D eigenvalue weighted by molar-refractivity contribution is 4.88. The summed E-state index contributed by atoms with van der Waals surface area (Å²) in [6.45, 7) is 7.38. The summed E-state index contributed by atoms with van der Waals surface area (Å²) in [5, 5.41) is 0. The third kappa shape index (κ3) is 1.58. The van der Waals surface area contributed by atoms with Crippen LogP contribution in [0.15, 0.2) is 0 Å². The summed E-state index contributed by atoms with van der Waals surface area (Å²) >= 11 is 0. The van der Waals surface area contributed by atoms with E-state index in [1.54, 1.807) is 0 Å². The van der Waals surface area contributed by atoms with Crippen LogP contribution < -0.4 is 0 Å². The Morgan fingerprint density at radius 2 is 1.82 bits per heavy atom. The average molecular weight is 153 g/mol. The van der Waals surface area contributed by atoms with E-state index in [4.69, 9.17) is 0 Å². The normalized spacial score (nSPS) is 33.5. The molecule has 0 spiro atoms. The molecule has 0 bridgehead atoms. The quantitative estimate of drug-likeness (QED) is 0.587. The second kappa shape index (κ2) is 2.78. The van der Waals surface area contributed by atoms with Gasteiger partial charge in [-0.3, -0.25) is 0 Å². The molecule has 2 rings (SSSR count). The zero-order chi connectivity index (χ0) is 7.84. The Morgan fingerprint density at radius 3 is 2.27 bits per heavy atom. The fourth-order valence-electron chi connectivity index (χ4n) is 2.24. The minimum atomic E-state index is 0.777. The molecule has 0 unspecified atom stereocenters. The predicted molar refractivity (Wildman–Crippen MR) is 47.5 cm³/mol. The SMILES string of the molecule is CC(C)N1CC[C@@H](C2CC2)C1. The average Bonchev–Trinajstić information content (AvgIpc) is 2.68. The van der Waals surface area contributed by atoms with Gasteiger partial charge in [-0.2, -0.15) is 0 Å². The molecule has 2 fully saturated rings. The Labute approximate surface area is 69.8 Å². The van der Waals surface area contributed by atoms with Gasteiger partial charge in [-0.1, -0.05) is 0 Å². The van der Waals surface area contributed by atoms with Gasteiger partial charge in [0.15, 0.2) is 0 Å². The highest BCUT2D eigenvalue weighted by Crippen LogP contribution is 2.41. The summed E-state index contributed by atoms with van der Waals surface area (Å²) < 4.78 is 0. The van der Waals surface area contributed by atoms with Gasteiger partial charge in [0, 0.05) is 12.6 Å². The Bertz CT molecular complexity index is 130. The molecule has 11 heavy (non-hydrogen) atoms. The van der Waals surface area contributed by atoms with E-state index in [1.165, 1.54) is 32.4 Å². The molecule has 0 aromatic rings. The summed E-state index contributed by atoms with van der Waals surface area (Å²) in [7, 11) is 0.